The third-order valence-corrected chi connectivity index (χ3v) is 3.31. The molecule has 1 aromatic heterocycles. The van der Waals surface area contributed by atoms with Crippen molar-refractivity contribution < 1.29 is 19.4 Å². The van der Waals surface area contributed by atoms with Crippen LogP contribution in [0.15, 0.2) is 0 Å². The van der Waals surface area contributed by atoms with Gasteiger partial charge in [0.05, 0.1) is 12.3 Å². The van der Waals surface area contributed by atoms with Crippen molar-refractivity contribution in [1.82, 2.24) is 10.3 Å². The molecular formula is C11H17N3O4S. The fourth-order valence-electron chi connectivity index (χ4n) is 1.44. The number of aliphatic carboxylic acids is 1. The van der Waals surface area contributed by atoms with Crippen LogP contribution in [0.5, 0.6) is 0 Å². The van der Waals surface area contributed by atoms with E-state index in [2.05, 4.69) is 15.6 Å². The molecule has 3 N–H and O–H groups in total. The topological polar surface area (TPSA) is 101 Å². The van der Waals surface area contributed by atoms with Crippen LogP contribution in [0.1, 0.15) is 17.5 Å². The van der Waals surface area contributed by atoms with Gasteiger partial charge in [0.25, 0.3) is 0 Å². The number of rotatable bonds is 6. The van der Waals surface area contributed by atoms with E-state index in [1.165, 1.54) is 18.4 Å². The Bertz CT molecular complexity index is 461. The number of aryl methyl sites for hydroxylation is 2. The molecule has 0 aromatic carbocycles. The van der Waals surface area contributed by atoms with Gasteiger partial charge in [-0.05, 0) is 13.3 Å². The number of aromatic nitrogens is 1. The molecule has 0 bridgehead atoms. The van der Waals surface area contributed by atoms with Gasteiger partial charge in [-0.3, -0.25) is 5.32 Å². The standard InChI is InChI=1S/C11H17N3O4S/c1-4-7-6(2)19-11(13-7)14-10(17)12-8(5-18-3)9(15)16/h8H,4-5H2,1-3H3,(H,15,16)(H2,12,13,14,17). The molecule has 0 saturated carbocycles. The molecule has 0 aliphatic heterocycles. The van der Waals surface area contributed by atoms with Gasteiger partial charge < -0.3 is 15.2 Å². The van der Waals surface area contributed by atoms with Crippen molar-refractivity contribution in [1.29, 1.82) is 0 Å². The van der Waals surface area contributed by atoms with Crippen LogP contribution < -0.4 is 10.6 Å². The van der Waals surface area contributed by atoms with Crippen LogP contribution in [-0.2, 0) is 16.0 Å². The number of nitrogens with zero attached hydrogens (tertiary/aromatic N) is 1. The van der Waals surface area contributed by atoms with Gasteiger partial charge in [0.1, 0.15) is 0 Å². The number of anilines is 1. The summed E-state index contributed by atoms with van der Waals surface area (Å²) in [6.07, 6.45) is 0.785. The lowest BCUT2D eigenvalue weighted by atomic mass is 10.3. The van der Waals surface area contributed by atoms with Crippen LogP contribution in [-0.4, -0.2) is 41.8 Å². The molecule has 1 heterocycles. The Morgan fingerprint density at radius 3 is 2.68 bits per heavy atom. The summed E-state index contributed by atoms with van der Waals surface area (Å²) >= 11 is 1.35. The average molecular weight is 287 g/mol. The van der Waals surface area contributed by atoms with Gasteiger partial charge in [-0.2, -0.15) is 0 Å². The maximum absolute atomic E-state index is 11.6. The number of nitrogens with one attached hydrogen (secondary N) is 2. The molecule has 1 atom stereocenters. The highest BCUT2D eigenvalue weighted by Gasteiger charge is 2.20. The third kappa shape index (κ3) is 4.49. The van der Waals surface area contributed by atoms with Crippen LogP contribution in [0.3, 0.4) is 0 Å². The Labute approximate surface area is 115 Å². The summed E-state index contributed by atoms with van der Waals surface area (Å²) in [5, 5.41) is 14.1. The molecule has 19 heavy (non-hydrogen) atoms. The summed E-state index contributed by atoms with van der Waals surface area (Å²) in [5.41, 5.74) is 0.923. The van der Waals surface area contributed by atoms with Gasteiger partial charge in [-0.1, -0.05) is 6.92 Å². The monoisotopic (exact) mass is 287 g/mol. The molecule has 106 valence electrons. The summed E-state index contributed by atoms with van der Waals surface area (Å²) in [5.74, 6) is -1.15. The fourth-order valence-corrected chi connectivity index (χ4v) is 2.34. The zero-order valence-corrected chi connectivity index (χ0v) is 11.8. The summed E-state index contributed by atoms with van der Waals surface area (Å²) in [6, 6.07) is -1.70. The number of amides is 2. The second kappa shape index (κ2) is 7.05. The zero-order chi connectivity index (χ0) is 14.4. The Balaban J connectivity index is 2.60. The molecule has 0 aliphatic rings. The second-order valence-electron chi connectivity index (χ2n) is 3.82. The maximum atomic E-state index is 11.6. The number of carboxylic acids is 1. The van der Waals surface area contributed by atoms with E-state index in [0.29, 0.717) is 5.13 Å². The highest BCUT2D eigenvalue weighted by Crippen LogP contribution is 2.22. The molecule has 8 heteroatoms. The molecule has 1 aromatic rings. The fraction of sp³-hybridized carbons (Fsp3) is 0.545. The lowest BCUT2D eigenvalue weighted by Gasteiger charge is -2.13. The number of carboxylic acid groups (broad SMARTS) is 1. The lowest BCUT2D eigenvalue weighted by Crippen LogP contribution is -2.45. The quantitative estimate of drug-likeness (QED) is 0.730. The summed E-state index contributed by atoms with van der Waals surface area (Å²) in [7, 11) is 1.37. The van der Waals surface area contributed by atoms with Crippen LogP contribution in [0.2, 0.25) is 0 Å². The number of hydrogen-bond donors (Lipinski definition) is 3. The number of thiazole rings is 1. The summed E-state index contributed by atoms with van der Waals surface area (Å²) in [4.78, 5) is 27.7. The molecule has 0 spiro atoms. The van der Waals surface area contributed by atoms with Gasteiger partial charge in [0, 0.05) is 12.0 Å². The second-order valence-corrected chi connectivity index (χ2v) is 5.02. The van der Waals surface area contributed by atoms with Crippen molar-refractivity contribution in [2.24, 2.45) is 0 Å². The molecule has 1 unspecified atom stereocenters. The van der Waals surface area contributed by atoms with Crippen LogP contribution in [0.4, 0.5) is 9.93 Å². The van der Waals surface area contributed by atoms with E-state index in [0.717, 1.165) is 17.0 Å². The first-order valence-corrected chi connectivity index (χ1v) is 6.55. The molecular weight excluding hydrogens is 270 g/mol. The van der Waals surface area contributed by atoms with Gasteiger partial charge in [-0.15, -0.1) is 11.3 Å². The number of methoxy groups -OCH3 is 1. The van der Waals surface area contributed by atoms with Crippen LogP contribution >= 0.6 is 11.3 Å². The highest BCUT2D eigenvalue weighted by molar-refractivity contribution is 7.15. The van der Waals surface area contributed by atoms with Gasteiger partial charge >= 0.3 is 12.0 Å². The molecule has 2 amide bonds. The lowest BCUT2D eigenvalue weighted by molar-refractivity contribution is -0.140. The molecule has 0 radical (unpaired) electrons. The zero-order valence-electron chi connectivity index (χ0n) is 11.0. The first-order chi connectivity index (χ1) is 8.97. The predicted octanol–water partition coefficient (Wildman–Crippen LogP) is 1.24. The summed E-state index contributed by atoms with van der Waals surface area (Å²) in [6.45, 7) is 3.80. The van der Waals surface area contributed by atoms with Gasteiger partial charge in [0.15, 0.2) is 11.2 Å². The Kier molecular flexibility index (Phi) is 5.71. The van der Waals surface area contributed by atoms with E-state index < -0.39 is 18.0 Å². The van der Waals surface area contributed by atoms with Crippen molar-refractivity contribution in [3.8, 4) is 0 Å². The highest BCUT2D eigenvalue weighted by atomic mass is 32.1. The Hall–Kier alpha value is -1.67. The van der Waals surface area contributed by atoms with Gasteiger partial charge in [-0.25, -0.2) is 14.6 Å². The minimum Gasteiger partial charge on any atom is -0.480 e. The number of ether oxygens (including phenoxy) is 1. The van der Waals surface area contributed by atoms with Crippen molar-refractivity contribution in [3.63, 3.8) is 0 Å². The van der Waals surface area contributed by atoms with E-state index in [1.54, 1.807) is 0 Å². The third-order valence-electron chi connectivity index (χ3n) is 2.38. The van der Waals surface area contributed by atoms with E-state index in [1.807, 2.05) is 13.8 Å². The minimum absolute atomic E-state index is 0.0974. The molecule has 0 aliphatic carbocycles. The normalized spacial score (nSPS) is 11.9. The van der Waals surface area contributed by atoms with Crippen LogP contribution in [0.25, 0.3) is 0 Å². The van der Waals surface area contributed by atoms with Crippen molar-refractivity contribution >= 4 is 28.5 Å². The Morgan fingerprint density at radius 2 is 2.21 bits per heavy atom. The molecule has 0 fully saturated rings. The average Bonchev–Trinajstić information content (AvgIpc) is 2.68. The molecule has 7 nitrogen and oxygen atoms in total. The smallest absolute Gasteiger partial charge is 0.328 e. The van der Waals surface area contributed by atoms with Crippen LogP contribution in [0, 0.1) is 6.92 Å². The number of carbonyl (C=O) groups excluding carboxylic acids is 1. The van der Waals surface area contributed by atoms with Crippen molar-refractivity contribution in [3.05, 3.63) is 10.6 Å². The maximum Gasteiger partial charge on any atom is 0.328 e. The first-order valence-electron chi connectivity index (χ1n) is 5.73. The first kappa shape index (κ1) is 15.4. The molecule has 1 rings (SSSR count). The number of carbonyl (C=O) groups is 2. The van der Waals surface area contributed by atoms with Crippen molar-refractivity contribution in [2.75, 3.05) is 19.0 Å². The van der Waals surface area contributed by atoms with E-state index in [9.17, 15) is 9.59 Å². The SMILES string of the molecule is CCc1nc(NC(=O)NC(COC)C(=O)O)sc1C. The number of hydrogen-bond acceptors (Lipinski definition) is 5. The van der Waals surface area contributed by atoms with Crippen molar-refractivity contribution in [2.45, 2.75) is 26.3 Å². The Morgan fingerprint density at radius 1 is 1.53 bits per heavy atom. The largest absolute Gasteiger partial charge is 0.480 e. The number of urea groups is 1. The summed E-state index contributed by atoms with van der Waals surface area (Å²) < 4.78 is 4.72. The van der Waals surface area contributed by atoms with Gasteiger partial charge in [0.2, 0.25) is 0 Å². The molecule has 0 saturated heterocycles. The predicted molar refractivity (Wildman–Crippen MR) is 71.7 cm³/mol. The van der Waals surface area contributed by atoms with E-state index >= 15 is 0 Å². The minimum atomic E-state index is -1.15. The van der Waals surface area contributed by atoms with E-state index in [-0.39, 0.29) is 6.61 Å². The van der Waals surface area contributed by atoms with E-state index in [4.69, 9.17) is 9.84 Å².